The predicted molar refractivity (Wildman–Crippen MR) is 112 cm³/mol. The second-order valence-corrected chi connectivity index (χ2v) is 6.61. The number of rotatable bonds is 8. The molecule has 0 spiro atoms. The predicted octanol–water partition coefficient (Wildman–Crippen LogP) is 4.28. The van der Waals surface area contributed by atoms with Crippen LogP contribution in [0.4, 0.5) is 5.69 Å². The van der Waals surface area contributed by atoms with Gasteiger partial charge in [0, 0.05) is 12.2 Å². The number of aryl methyl sites for hydroxylation is 1. The maximum Gasteiger partial charge on any atom is 0.265 e. The molecule has 0 saturated heterocycles. The Bertz CT molecular complexity index is 733. The monoisotopic (exact) mass is 392 g/mol. The van der Waals surface area contributed by atoms with E-state index in [1.807, 2.05) is 13.0 Å². The average molecular weight is 393 g/mol. The van der Waals surface area contributed by atoms with Crippen molar-refractivity contribution in [3.63, 3.8) is 0 Å². The Hall–Kier alpha value is -2.24. The molecule has 27 heavy (non-hydrogen) atoms. The Kier molecular flexibility index (Phi) is 9.12. The van der Waals surface area contributed by atoms with Crippen LogP contribution in [-0.4, -0.2) is 25.2 Å². The van der Waals surface area contributed by atoms with E-state index in [2.05, 4.69) is 31.3 Å². The lowest BCUT2D eigenvalue weighted by Crippen LogP contribution is -2.30. The van der Waals surface area contributed by atoms with Gasteiger partial charge in [-0.2, -0.15) is 0 Å². The second-order valence-electron chi connectivity index (χ2n) is 6.61. The number of carbonyl (C=O) groups is 1. The van der Waals surface area contributed by atoms with E-state index < -0.39 is 6.10 Å². The Morgan fingerprint density at radius 1 is 1.11 bits per heavy atom. The average Bonchev–Trinajstić information content (AvgIpc) is 2.60. The summed E-state index contributed by atoms with van der Waals surface area (Å²) < 4.78 is 11.4. The van der Waals surface area contributed by atoms with E-state index in [1.54, 1.807) is 31.2 Å². The van der Waals surface area contributed by atoms with E-state index >= 15 is 0 Å². The largest absolute Gasteiger partial charge is 0.492 e. The van der Waals surface area contributed by atoms with Gasteiger partial charge in [0.2, 0.25) is 0 Å². The lowest BCUT2D eigenvalue weighted by Gasteiger charge is -2.19. The van der Waals surface area contributed by atoms with Gasteiger partial charge in [-0.15, -0.1) is 12.4 Å². The zero-order valence-corrected chi connectivity index (χ0v) is 17.1. The van der Waals surface area contributed by atoms with Crippen LogP contribution in [0, 0.1) is 6.92 Å². The number of anilines is 1. The molecule has 2 rings (SSSR count). The first kappa shape index (κ1) is 22.8. The number of nitrogens with two attached hydrogens (primary N) is 1. The Balaban J connectivity index is 0.00000364. The van der Waals surface area contributed by atoms with Gasteiger partial charge in [-0.25, -0.2) is 0 Å². The summed E-state index contributed by atoms with van der Waals surface area (Å²) in [5, 5.41) is 2.86. The number of halogens is 1. The Morgan fingerprint density at radius 3 is 2.37 bits per heavy atom. The van der Waals surface area contributed by atoms with Crippen molar-refractivity contribution in [1.29, 1.82) is 0 Å². The Labute approximate surface area is 167 Å². The van der Waals surface area contributed by atoms with Gasteiger partial charge in [0.25, 0.3) is 5.91 Å². The van der Waals surface area contributed by atoms with Gasteiger partial charge in [0.15, 0.2) is 6.10 Å². The van der Waals surface area contributed by atoms with E-state index in [0.717, 1.165) is 22.6 Å². The van der Waals surface area contributed by atoms with Crippen LogP contribution in [0.1, 0.15) is 37.8 Å². The summed E-state index contributed by atoms with van der Waals surface area (Å²) in [6.45, 7) is 8.90. The lowest BCUT2D eigenvalue weighted by atomic mass is 10.0. The minimum Gasteiger partial charge on any atom is -0.492 e. The number of ether oxygens (including phenoxy) is 2. The number of nitrogens with one attached hydrogen (secondary N) is 1. The molecule has 0 aliphatic carbocycles. The third-order valence-electron chi connectivity index (χ3n) is 3.97. The highest BCUT2D eigenvalue weighted by molar-refractivity contribution is 5.94. The minimum absolute atomic E-state index is 0. The Morgan fingerprint density at radius 2 is 1.78 bits per heavy atom. The molecule has 1 amide bonds. The molecular formula is C21H29ClN2O3. The number of carbonyl (C=O) groups excluding carboxylic acids is 1. The van der Waals surface area contributed by atoms with Gasteiger partial charge in [0.05, 0.1) is 0 Å². The number of hydrogen-bond donors (Lipinski definition) is 2. The molecule has 3 N–H and O–H groups in total. The molecule has 6 heteroatoms. The molecule has 2 aromatic carbocycles. The summed E-state index contributed by atoms with van der Waals surface area (Å²) in [5.74, 6) is 1.60. The summed E-state index contributed by atoms with van der Waals surface area (Å²) in [6.07, 6.45) is -0.609. The third kappa shape index (κ3) is 6.77. The molecule has 0 aliphatic heterocycles. The molecule has 0 saturated carbocycles. The van der Waals surface area contributed by atoms with E-state index in [9.17, 15) is 4.79 Å². The molecule has 148 valence electrons. The van der Waals surface area contributed by atoms with E-state index in [1.165, 1.54) is 0 Å². The van der Waals surface area contributed by atoms with Gasteiger partial charge >= 0.3 is 0 Å². The highest BCUT2D eigenvalue weighted by Crippen LogP contribution is 2.28. The molecular weight excluding hydrogens is 364 g/mol. The first-order valence-electron chi connectivity index (χ1n) is 8.91. The van der Waals surface area contributed by atoms with Gasteiger partial charge in [-0.05, 0) is 61.2 Å². The normalized spacial score (nSPS) is 11.5. The molecule has 0 heterocycles. The zero-order chi connectivity index (χ0) is 19.1. The van der Waals surface area contributed by atoms with Crippen molar-refractivity contribution >= 4 is 24.0 Å². The molecule has 2 aromatic rings. The van der Waals surface area contributed by atoms with Crippen LogP contribution in [0.5, 0.6) is 11.5 Å². The summed E-state index contributed by atoms with van der Waals surface area (Å²) in [7, 11) is 0. The first-order valence-corrected chi connectivity index (χ1v) is 8.91. The molecule has 1 atom stereocenters. The molecule has 0 radical (unpaired) electrons. The van der Waals surface area contributed by atoms with Crippen LogP contribution >= 0.6 is 12.4 Å². The van der Waals surface area contributed by atoms with Crippen LogP contribution < -0.4 is 20.5 Å². The highest BCUT2D eigenvalue weighted by atomic mass is 35.5. The van der Waals surface area contributed by atoms with Gasteiger partial charge in [0.1, 0.15) is 18.1 Å². The van der Waals surface area contributed by atoms with Crippen LogP contribution in [0.3, 0.4) is 0 Å². The summed E-state index contributed by atoms with van der Waals surface area (Å²) in [4.78, 5) is 12.5. The third-order valence-corrected chi connectivity index (χ3v) is 3.97. The smallest absolute Gasteiger partial charge is 0.265 e. The van der Waals surface area contributed by atoms with Crippen molar-refractivity contribution < 1.29 is 14.3 Å². The highest BCUT2D eigenvalue weighted by Gasteiger charge is 2.18. The van der Waals surface area contributed by atoms with Crippen molar-refractivity contribution in [2.24, 2.45) is 5.73 Å². The minimum atomic E-state index is -0.609. The maximum absolute atomic E-state index is 12.5. The van der Waals surface area contributed by atoms with Gasteiger partial charge < -0.3 is 20.5 Å². The SMILES string of the molecule is Cc1ccc(C(C)C)c(OC(C)C(=O)Nc2ccc(OCCN)cc2)c1.Cl. The van der Waals surface area contributed by atoms with Crippen molar-refractivity contribution in [1.82, 2.24) is 0 Å². The summed E-state index contributed by atoms with van der Waals surface area (Å²) in [5.41, 5.74) is 8.30. The molecule has 0 aliphatic rings. The van der Waals surface area contributed by atoms with Crippen LogP contribution in [0.25, 0.3) is 0 Å². The lowest BCUT2D eigenvalue weighted by molar-refractivity contribution is -0.122. The van der Waals surface area contributed by atoms with Crippen molar-refractivity contribution in [2.75, 3.05) is 18.5 Å². The fourth-order valence-electron chi connectivity index (χ4n) is 2.52. The van der Waals surface area contributed by atoms with Crippen LogP contribution in [0.15, 0.2) is 42.5 Å². The van der Waals surface area contributed by atoms with Crippen LogP contribution in [0.2, 0.25) is 0 Å². The van der Waals surface area contributed by atoms with E-state index in [4.69, 9.17) is 15.2 Å². The van der Waals surface area contributed by atoms with Crippen molar-refractivity contribution in [2.45, 2.75) is 39.7 Å². The topological polar surface area (TPSA) is 73.6 Å². The van der Waals surface area contributed by atoms with Crippen LogP contribution in [-0.2, 0) is 4.79 Å². The zero-order valence-electron chi connectivity index (χ0n) is 16.3. The second kappa shape index (κ2) is 10.8. The summed E-state index contributed by atoms with van der Waals surface area (Å²) >= 11 is 0. The number of hydrogen-bond acceptors (Lipinski definition) is 4. The number of benzene rings is 2. The molecule has 0 fully saturated rings. The molecule has 5 nitrogen and oxygen atoms in total. The summed E-state index contributed by atoms with van der Waals surface area (Å²) in [6, 6.07) is 13.3. The fraction of sp³-hybridized carbons (Fsp3) is 0.381. The first-order chi connectivity index (χ1) is 12.4. The van der Waals surface area contributed by atoms with Gasteiger partial charge in [-0.1, -0.05) is 26.0 Å². The van der Waals surface area contributed by atoms with E-state index in [-0.39, 0.29) is 18.3 Å². The maximum atomic E-state index is 12.5. The molecule has 0 aromatic heterocycles. The number of amides is 1. The quantitative estimate of drug-likeness (QED) is 0.703. The van der Waals surface area contributed by atoms with Gasteiger partial charge in [-0.3, -0.25) is 4.79 Å². The fourth-order valence-corrected chi connectivity index (χ4v) is 2.52. The van der Waals surface area contributed by atoms with E-state index in [0.29, 0.717) is 24.8 Å². The molecule has 0 bridgehead atoms. The van der Waals surface area contributed by atoms with Crippen molar-refractivity contribution in [3.05, 3.63) is 53.6 Å². The molecule has 1 unspecified atom stereocenters. The standard InChI is InChI=1S/C21H28N2O3.ClH/c1-14(2)19-10-5-15(3)13-20(19)26-16(4)21(24)23-17-6-8-18(9-7-17)25-12-11-22;/h5-10,13-14,16H,11-12,22H2,1-4H3,(H,23,24);1H. The van der Waals surface area contributed by atoms with Crippen molar-refractivity contribution in [3.8, 4) is 11.5 Å².